The standard InChI is InChI=1S/C22H19NO4/c1-14-3-8-17(9-4-14)23(18-10-5-15(2)6-11-18)20-13-16(21(24)25)7-12-19(20)22(26)27/h3-13H,1-2H3,(H,24,25)(H,26,27). The first-order valence-corrected chi connectivity index (χ1v) is 8.41. The first kappa shape index (κ1) is 18.2. The fraction of sp³-hybridized carbons (Fsp3) is 0.0909. The van der Waals surface area contributed by atoms with Crippen molar-refractivity contribution < 1.29 is 19.8 Å². The summed E-state index contributed by atoms with van der Waals surface area (Å²) in [5, 5.41) is 19.0. The van der Waals surface area contributed by atoms with Gasteiger partial charge < -0.3 is 15.1 Å². The van der Waals surface area contributed by atoms with E-state index in [4.69, 9.17) is 0 Å². The molecule has 0 saturated carbocycles. The van der Waals surface area contributed by atoms with Crippen LogP contribution < -0.4 is 4.90 Å². The van der Waals surface area contributed by atoms with Crippen molar-refractivity contribution in [2.45, 2.75) is 13.8 Å². The molecule has 0 aliphatic carbocycles. The van der Waals surface area contributed by atoms with Crippen LogP contribution in [0.5, 0.6) is 0 Å². The van der Waals surface area contributed by atoms with Crippen molar-refractivity contribution in [1.29, 1.82) is 0 Å². The fourth-order valence-electron chi connectivity index (χ4n) is 2.85. The summed E-state index contributed by atoms with van der Waals surface area (Å²) in [6.07, 6.45) is 0. The molecule has 136 valence electrons. The highest BCUT2D eigenvalue weighted by Crippen LogP contribution is 2.37. The average Bonchev–Trinajstić information content (AvgIpc) is 2.64. The number of carboxylic acid groups (broad SMARTS) is 2. The number of aryl methyl sites for hydroxylation is 2. The highest BCUT2D eigenvalue weighted by molar-refractivity contribution is 6.00. The van der Waals surface area contributed by atoms with Crippen LogP contribution in [0.25, 0.3) is 0 Å². The molecule has 5 nitrogen and oxygen atoms in total. The van der Waals surface area contributed by atoms with E-state index in [9.17, 15) is 19.8 Å². The van der Waals surface area contributed by atoms with Crippen LogP contribution >= 0.6 is 0 Å². The molecular weight excluding hydrogens is 342 g/mol. The maximum atomic E-state index is 11.8. The van der Waals surface area contributed by atoms with Gasteiger partial charge in [-0.05, 0) is 56.3 Å². The molecule has 0 atom stereocenters. The predicted octanol–water partition coefficient (Wildman–Crippen LogP) is 5.17. The summed E-state index contributed by atoms with van der Waals surface area (Å²) in [6.45, 7) is 3.93. The highest BCUT2D eigenvalue weighted by atomic mass is 16.4. The van der Waals surface area contributed by atoms with E-state index in [1.54, 1.807) is 4.90 Å². The third-order valence-electron chi connectivity index (χ3n) is 4.30. The van der Waals surface area contributed by atoms with Gasteiger partial charge in [-0.3, -0.25) is 0 Å². The lowest BCUT2D eigenvalue weighted by Crippen LogP contribution is -2.15. The Hall–Kier alpha value is -3.60. The van der Waals surface area contributed by atoms with E-state index in [1.165, 1.54) is 18.2 Å². The van der Waals surface area contributed by atoms with Crippen LogP contribution in [0.4, 0.5) is 17.1 Å². The van der Waals surface area contributed by atoms with Crippen molar-refractivity contribution in [2.75, 3.05) is 4.90 Å². The molecule has 3 aromatic rings. The predicted molar refractivity (Wildman–Crippen MR) is 105 cm³/mol. The largest absolute Gasteiger partial charge is 0.478 e. The van der Waals surface area contributed by atoms with Gasteiger partial charge in [-0.2, -0.15) is 0 Å². The molecule has 0 bridgehead atoms. The number of benzene rings is 3. The molecule has 0 spiro atoms. The lowest BCUT2D eigenvalue weighted by Gasteiger charge is -2.27. The Kier molecular flexibility index (Phi) is 4.94. The summed E-state index contributed by atoms with van der Waals surface area (Å²) < 4.78 is 0. The summed E-state index contributed by atoms with van der Waals surface area (Å²) in [5.74, 6) is -2.23. The van der Waals surface area contributed by atoms with E-state index in [2.05, 4.69) is 0 Å². The number of anilines is 3. The van der Waals surface area contributed by atoms with Crippen molar-refractivity contribution in [2.24, 2.45) is 0 Å². The number of carbonyl (C=O) groups is 2. The highest BCUT2D eigenvalue weighted by Gasteiger charge is 2.21. The van der Waals surface area contributed by atoms with Gasteiger partial charge in [0.2, 0.25) is 0 Å². The molecule has 0 fully saturated rings. The van der Waals surface area contributed by atoms with Gasteiger partial charge in [0.15, 0.2) is 0 Å². The van der Waals surface area contributed by atoms with Crippen molar-refractivity contribution in [3.63, 3.8) is 0 Å². The number of hydrogen-bond acceptors (Lipinski definition) is 3. The van der Waals surface area contributed by atoms with Gasteiger partial charge in [0.05, 0.1) is 16.8 Å². The zero-order valence-electron chi connectivity index (χ0n) is 15.0. The molecule has 3 rings (SSSR count). The van der Waals surface area contributed by atoms with Crippen LogP contribution in [-0.2, 0) is 0 Å². The van der Waals surface area contributed by atoms with E-state index in [0.717, 1.165) is 22.5 Å². The Labute approximate surface area is 157 Å². The van der Waals surface area contributed by atoms with E-state index in [0.29, 0.717) is 5.69 Å². The Morgan fingerprint density at radius 2 is 1.19 bits per heavy atom. The molecule has 0 radical (unpaired) electrons. The van der Waals surface area contributed by atoms with Gasteiger partial charge in [0.25, 0.3) is 0 Å². The quantitative estimate of drug-likeness (QED) is 0.655. The van der Waals surface area contributed by atoms with Gasteiger partial charge in [-0.1, -0.05) is 35.4 Å². The lowest BCUT2D eigenvalue weighted by atomic mass is 10.1. The topological polar surface area (TPSA) is 77.8 Å². The van der Waals surface area contributed by atoms with E-state index in [-0.39, 0.29) is 11.1 Å². The van der Waals surface area contributed by atoms with Gasteiger partial charge in [0.1, 0.15) is 0 Å². The molecule has 0 amide bonds. The van der Waals surface area contributed by atoms with Crippen LogP contribution in [0.2, 0.25) is 0 Å². The zero-order valence-corrected chi connectivity index (χ0v) is 15.0. The van der Waals surface area contributed by atoms with Crippen molar-refractivity contribution in [1.82, 2.24) is 0 Å². The Morgan fingerprint density at radius 1 is 0.704 bits per heavy atom. The second kappa shape index (κ2) is 7.33. The second-order valence-corrected chi connectivity index (χ2v) is 6.35. The first-order chi connectivity index (χ1) is 12.9. The summed E-state index contributed by atoms with van der Waals surface area (Å²) in [5.41, 5.74) is 3.99. The zero-order chi connectivity index (χ0) is 19.6. The molecule has 5 heteroatoms. The average molecular weight is 361 g/mol. The maximum Gasteiger partial charge on any atom is 0.337 e. The van der Waals surface area contributed by atoms with Gasteiger partial charge in [-0.25, -0.2) is 9.59 Å². The lowest BCUT2D eigenvalue weighted by molar-refractivity contribution is 0.0682. The van der Waals surface area contributed by atoms with E-state index >= 15 is 0 Å². The normalized spacial score (nSPS) is 10.4. The number of aromatic carboxylic acids is 2. The molecule has 0 heterocycles. The van der Waals surface area contributed by atoms with Gasteiger partial charge >= 0.3 is 11.9 Å². The second-order valence-electron chi connectivity index (χ2n) is 6.35. The minimum absolute atomic E-state index is 0.0271. The van der Waals surface area contributed by atoms with Crippen LogP contribution in [-0.4, -0.2) is 22.2 Å². The maximum absolute atomic E-state index is 11.8. The van der Waals surface area contributed by atoms with Crippen LogP contribution in [0.15, 0.2) is 66.7 Å². The van der Waals surface area contributed by atoms with Crippen molar-refractivity contribution >= 4 is 29.0 Å². The molecule has 0 saturated heterocycles. The van der Waals surface area contributed by atoms with Crippen molar-refractivity contribution in [3.05, 3.63) is 89.0 Å². The monoisotopic (exact) mass is 361 g/mol. The molecule has 0 aromatic heterocycles. The molecule has 0 unspecified atom stereocenters. The van der Waals surface area contributed by atoms with Gasteiger partial charge in [0, 0.05) is 11.4 Å². The fourth-order valence-corrected chi connectivity index (χ4v) is 2.85. The van der Waals surface area contributed by atoms with Gasteiger partial charge in [-0.15, -0.1) is 0 Å². The Balaban J connectivity index is 2.28. The molecular formula is C22H19NO4. The van der Waals surface area contributed by atoms with Crippen LogP contribution in [0.3, 0.4) is 0 Å². The molecule has 2 N–H and O–H groups in total. The van der Waals surface area contributed by atoms with Crippen LogP contribution in [0.1, 0.15) is 31.8 Å². The summed E-state index contributed by atoms with van der Waals surface area (Å²) in [4.78, 5) is 25.0. The molecule has 27 heavy (non-hydrogen) atoms. The molecule has 0 aliphatic rings. The number of carboxylic acids is 2. The number of nitrogens with zero attached hydrogens (tertiary/aromatic N) is 1. The minimum Gasteiger partial charge on any atom is -0.478 e. The summed E-state index contributed by atoms with van der Waals surface area (Å²) >= 11 is 0. The summed E-state index contributed by atoms with van der Waals surface area (Å²) in [7, 11) is 0. The Morgan fingerprint density at radius 3 is 1.59 bits per heavy atom. The molecule has 3 aromatic carbocycles. The molecule has 0 aliphatic heterocycles. The SMILES string of the molecule is Cc1ccc(N(c2ccc(C)cc2)c2cc(C(=O)O)ccc2C(=O)O)cc1. The number of rotatable bonds is 5. The smallest absolute Gasteiger partial charge is 0.337 e. The minimum atomic E-state index is -1.12. The summed E-state index contributed by atoms with van der Waals surface area (Å²) in [6, 6.07) is 19.3. The van der Waals surface area contributed by atoms with E-state index in [1.807, 2.05) is 62.4 Å². The third kappa shape index (κ3) is 3.82. The van der Waals surface area contributed by atoms with Crippen molar-refractivity contribution in [3.8, 4) is 0 Å². The van der Waals surface area contributed by atoms with E-state index < -0.39 is 11.9 Å². The first-order valence-electron chi connectivity index (χ1n) is 8.41. The third-order valence-corrected chi connectivity index (χ3v) is 4.30. The Bertz CT molecular complexity index is 946. The number of hydrogen-bond donors (Lipinski definition) is 2. The van der Waals surface area contributed by atoms with Crippen LogP contribution in [0, 0.1) is 13.8 Å².